The summed E-state index contributed by atoms with van der Waals surface area (Å²) in [6, 6.07) is 1.91. The number of furan rings is 1. The third-order valence-electron chi connectivity index (χ3n) is 2.42. The van der Waals surface area contributed by atoms with Crippen LogP contribution in [0.2, 0.25) is 0 Å². The van der Waals surface area contributed by atoms with Crippen LogP contribution in [-0.2, 0) is 5.41 Å². The van der Waals surface area contributed by atoms with Gasteiger partial charge in [-0.1, -0.05) is 20.8 Å². The average molecular weight is 189 g/mol. The molecule has 0 aliphatic rings. The van der Waals surface area contributed by atoms with Crippen LogP contribution in [0.5, 0.6) is 0 Å². The lowest BCUT2D eigenvalue weighted by Crippen LogP contribution is -2.10. The Morgan fingerprint density at radius 3 is 2.57 bits per heavy atom. The van der Waals surface area contributed by atoms with Crippen molar-refractivity contribution in [1.29, 1.82) is 0 Å². The number of pyridine rings is 1. The van der Waals surface area contributed by atoms with Crippen LogP contribution in [-0.4, -0.2) is 4.98 Å². The molecule has 2 nitrogen and oxygen atoms in total. The number of aryl methyl sites for hydroxylation is 1. The van der Waals surface area contributed by atoms with E-state index in [0.717, 1.165) is 16.7 Å². The number of hydrogen-bond donors (Lipinski definition) is 0. The summed E-state index contributed by atoms with van der Waals surface area (Å²) in [5.74, 6) is 1.06. The lowest BCUT2D eigenvalue weighted by Gasteiger charge is -2.15. The molecule has 0 aliphatic carbocycles. The molecule has 2 heterocycles. The van der Waals surface area contributed by atoms with E-state index >= 15 is 0 Å². The molecule has 0 unspecified atom stereocenters. The first kappa shape index (κ1) is 9.25. The molecule has 0 amide bonds. The molecule has 2 rings (SSSR count). The Hall–Kier alpha value is -1.31. The minimum Gasteiger partial charge on any atom is -0.460 e. The van der Waals surface area contributed by atoms with Gasteiger partial charge < -0.3 is 4.42 Å². The highest BCUT2D eigenvalue weighted by Gasteiger charge is 2.22. The van der Waals surface area contributed by atoms with Gasteiger partial charge in [-0.3, -0.25) is 4.98 Å². The standard InChI is InChI=1S/C12H15NO/c1-8-9-7-13-6-5-10(9)14-11(8)12(2,3)4/h5-7H,1-4H3. The first-order chi connectivity index (χ1) is 6.50. The van der Waals surface area contributed by atoms with Crippen LogP contribution in [0.15, 0.2) is 22.9 Å². The maximum Gasteiger partial charge on any atom is 0.137 e. The van der Waals surface area contributed by atoms with Gasteiger partial charge in [0.25, 0.3) is 0 Å². The highest BCUT2D eigenvalue weighted by Crippen LogP contribution is 2.32. The molecular formula is C12H15NO. The van der Waals surface area contributed by atoms with E-state index < -0.39 is 0 Å². The van der Waals surface area contributed by atoms with E-state index in [1.807, 2.05) is 12.3 Å². The van der Waals surface area contributed by atoms with Crippen LogP contribution in [0.1, 0.15) is 32.1 Å². The number of rotatable bonds is 0. The van der Waals surface area contributed by atoms with Gasteiger partial charge in [0.2, 0.25) is 0 Å². The Balaban J connectivity index is 2.75. The van der Waals surface area contributed by atoms with Gasteiger partial charge in [-0.25, -0.2) is 0 Å². The van der Waals surface area contributed by atoms with E-state index in [2.05, 4.69) is 32.7 Å². The summed E-state index contributed by atoms with van der Waals surface area (Å²) >= 11 is 0. The maximum absolute atomic E-state index is 5.82. The molecule has 0 saturated heterocycles. The fraction of sp³-hybridized carbons (Fsp3) is 0.417. The van der Waals surface area contributed by atoms with E-state index in [9.17, 15) is 0 Å². The molecule has 2 aromatic heterocycles. The normalized spacial score (nSPS) is 12.3. The summed E-state index contributed by atoms with van der Waals surface area (Å²) < 4.78 is 5.82. The molecule has 14 heavy (non-hydrogen) atoms. The van der Waals surface area contributed by atoms with Crippen LogP contribution < -0.4 is 0 Å². The van der Waals surface area contributed by atoms with Gasteiger partial charge in [0, 0.05) is 28.8 Å². The first-order valence-corrected chi connectivity index (χ1v) is 4.84. The molecule has 0 aromatic carbocycles. The molecule has 0 saturated carbocycles. The molecule has 0 aliphatic heterocycles. The zero-order chi connectivity index (χ0) is 10.3. The number of aromatic nitrogens is 1. The van der Waals surface area contributed by atoms with Gasteiger partial charge in [0.15, 0.2) is 0 Å². The van der Waals surface area contributed by atoms with Crippen molar-refractivity contribution in [1.82, 2.24) is 4.98 Å². The smallest absolute Gasteiger partial charge is 0.137 e. The van der Waals surface area contributed by atoms with Crippen molar-refractivity contribution in [3.05, 3.63) is 29.8 Å². The number of nitrogens with zero attached hydrogens (tertiary/aromatic N) is 1. The summed E-state index contributed by atoms with van der Waals surface area (Å²) in [6.07, 6.45) is 3.63. The molecular weight excluding hydrogens is 174 g/mol. The quantitative estimate of drug-likeness (QED) is 0.634. The predicted molar refractivity (Wildman–Crippen MR) is 57.4 cm³/mol. The molecule has 2 aromatic rings. The molecule has 2 heteroatoms. The topological polar surface area (TPSA) is 26.0 Å². The van der Waals surface area contributed by atoms with Gasteiger partial charge in [-0.05, 0) is 13.0 Å². The van der Waals surface area contributed by atoms with Crippen molar-refractivity contribution in [2.24, 2.45) is 0 Å². The fourth-order valence-corrected chi connectivity index (χ4v) is 1.78. The van der Waals surface area contributed by atoms with Crippen LogP contribution in [0.25, 0.3) is 11.0 Å². The van der Waals surface area contributed by atoms with Crippen molar-refractivity contribution in [3.63, 3.8) is 0 Å². The first-order valence-electron chi connectivity index (χ1n) is 4.84. The zero-order valence-electron chi connectivity index (χ0n) is 9.09. The Morgan fingerprint density at radius 2 is 2.00 bits per heavy atom. The van der Waals surface area contributed by atoms with E-state index in [4.69, 9.17) is 4.42 Å². The maximum atomic E-state index is 5.82. The van der Waals surface area contributed by atoms with Crippen LogP contribution in [0.3, 0.4) is 0 Å². The Kier molecular flexibility index (Phi) is 1.88. The lowest BCUT2D eigenvalue weighted by atomic mass is 9.90. The van der Waals surface area contributed by atoms with Gasteiger partial charge in [0.05, 0.1) is 0 Å². The molecule has 0 fully saturated rings. The van der Waals surface area contributed by atoms with Gasteiger partial charge in [0.1, 0.15) is 11.3 Å². The van der Waals surface area contributed by atoms with Gasteiger partial charge >= 0.3 is 0 Å². The second-order valence-electron chi connectivity index (χ2n) is 4.68. The van der Waals surface area contributed by atoms with Crippen molar-refractivity contribution >= 4 is 11.0 Å². The highest BCUT2D eigenvalue weighted by atomic mass is 16.3. The molecule has 0 spiro atoms. The molecule has 0 bridgehead atoms. The van der Waals surface area contributed by atoms with Crippen molar-refractivity contribution in [2.45, 2.75) is 33.1 Å². The fourth-order valence-electron chi connectivity index (χ4n) is 1.78. The summed E-state index contributed by atoms with van der Waals surface area (Å²) in [5.41, 5.74) is 2.20. The summed E-state index contributed by atoms with van der Waals surface area (Å²) in [5, 5.41) is 1.12. The Morgan fingerprint density at radius 1 is 1.29 bits per heavy atom. The van der Waals surface area contributed by atoms with Crippen LogP contribution in [0, 0.1) is 6.92 Å². The van der Waals surface area contributed by atoms with Gasteiger partial charge in [-0.15, -0.1) is 0 Å². The summed E-state index contributed by atoms with van der Waals surface area (Å²) in [7, 11) is 0. The minimum absolute atomic E-state index is 0.0586. The van der Waals surface area contributed by atoms with Crippen LogP contribution >= 0.6 is 0 Å². The largest absolute Gasteiger partial charge is 0.460 e. The van der Waals surface area contributed by atoms with E-state index in [1.54, 1.807) is 6.20 Å². The molecule has 0 N–H and O–H groups in total. The average Bonchev–Trinajstić information content (AvgIpc) is 2.44. The highest BCUT2D eigenvalue weighted by molar-refractivity contribution is 5.81. The minimum atomic E-state index is 0.0586. The lowest BCUT2D eigenvalue weighted by molar-refractivity contribution is 0.426. The monoisotopic (exact) mass is 189 g/mol. The zero-order valence-corrected chi connectivity index (χ0v) is 9.09. The molecule has 0 radical (unpaired) electrons. The summed E-state index contributed by atoms with van der Waals surface area (Å²) in [4.78, 5) is 4.11. The third kappa shape index (κ3) is 1.31. The Bertz CT molecular complexity index is 463. The second-order valence-corrected chi connectivity index (χ2v) is 4.68. The SMILES string of the molecule is Cc1c(C(C)(C)C)oc2ccncc12. The Labute approximate surface area is 84.0 Å². The summed E-state index contributed by atoms with van der Waals surface area (Å²) in [6.45, 7) is 8.57. The van der Waals surface area contributed by atoms with Gasteiger partial charge in [-0.2, -0.15) is 0 Å². The molecule has 0 atom stereocenters. The van der Waals surface area contributed by atoms with E-state index in [1.165, 1.54) is 5.56 Å². The number of hydrogen-bond acceptors (Lipinski definition) is 2. The van der Waals surface area contributed by atoms with Crippen molar-refractivity contribution in [2.75, 3.05) is 0 Å². The number of fused-ring (bicyclic) bond motifs is 1. The van der Waals surface area contributed by atoms with E-state index in [-0.39, 0.29) is 5.41 Å². The predicted octanol–water partition coefficient (Wildman–Crippen LogP) is 3.43. The van der Waals surface area contributed by atoms with E-state index in [0.29, 0.717) is 0 Å². The molecule has 74 valence electrons. The van der Waals surface area contributed by atoms with Crippen molar-refractivity contribution < 1.29 is 4.42 Å². The van der Waals surface area contributed by atoms with Crippen LogP contribution in [0.4, 0.5) is 0 Å². The second kappa shape index (κ2) is 2.84. The third-order valence-corrected chi connectivity index (χ3v) is 2.42. The van der Waals surface area contributed by atoms with Crippen molar-refractivity contribution in [3.8, 4) is 0 Å².